The van der Waals surface area contributed by atoms with Crippen LogP contribution in [-0.4, -0.2) is 25.6 Å². The van der Waals surface area contributed by atoms with E-state index in [1.807, 2.05) is 13.0 Å². The number of pyridine rings is 1. The van der Waals surface area contributed by atoms with Gasteiger partial charge < -0.3 is 11.1 Å². The number of nitrogens with two attached hydrogens (primary N) is 1. The Morgan fingerprint density at radius 1 is 1.19 bits per heavy atom. The van der Waals surface area contributed by atoms with Crippen LogP contribution in [-0.2, 0) is 14.6 Å². The highest BCUT2D eigenvalue weighted by molar-refractivity contribution is 7.90. The molecule has 2 atom stereocenters. The summed E-state index contributed by atoms with van der Waals surface area (Å²) in [6.07, 6.45) is 5.14. The first kappa shape index (κ1) is 18.5. The van der Waals surface area contributed by atoms with Gasteiger partial charge in [-0.2, -0.15) is 0 Å². The second-order valence-electron chi connectivity index (χ2n) is 6.88. The second-order valence-corrected chi connectivity index (χ2v) is 8.89. The van der Waals surface area contributed by atoms with Gasteiger partial charge in [-0.25, -0.2) is 8.42 Å². The lowest BCUT2D eigenvalue weighted by Gasteiger charge is -2.19. The number of carbonyl (C=O) groups is 1. The van der Waals surface area contributed by atoms with Gasteiger partial charge in [0, 0.05) is 35.7 Å². The summed E-state index contributed by atoms with van der Waals surface area (Å²) >= 11 is 0. The summed E-state index contributed by atoms with van der Waals surface area (Å²) in [7, 11) is -3.37. The molecule has 26 heavy (non-hydrogen) atoms. The topological polar surface area (TPSA) is 102 Å². The van der Waals surface area contributed by atoms with Crippen LogP contribution in [0.5, 0.6) is 0 Å². The molecule has 2 aromatic rings. The van der Waals surface area contributed by atoms with Gasteiger partial charge in [-0.1, -0.05) is 13.3 Å². The van der Waals surface area contributed by atoms with Crippen LogP contribution in [0.4, 0.5) is 5.69 Å². The SMILES string of the molecule is CC1CCCC(N)c2cc(ccn2)-c2cc(S(C)(=O)=O)ccc2NC1=O. The molecule has 6 nitrogen and oxygen atoms in total. The molecule has 138 valence electrons. The molecule has 0 aliphatic carbocycles. The van der Waals surface area contributed by atoms with Crippen molar-refractivity contribution in [2.75, 3.05) is 11.6 Å². The summed E-state index contributed by atoms with van der Waals surface area (Å²) in [5.74, 6) is -0.239. The number of carbonyl (C=O) groups excluding carboxylic acids is 1. The molecule has 1 aliphatic heterocycles. The van der Waals surface area contributed by atoms with Crippen LogP contribution in [0.15, 0.2) is 41.4 Å². The van der Waals surface area contributed by atoms with Crippen molar-refractivity contribution in [2.45, 2.75) is 37.1 Å². The second kappa shape index (κ2) is 7.17. The van der Waals surface area contributed by atoms with Crippen molar-refractivity contribution in [1.29, 1.82) is 0 Å². The third-order valence-electron chi connectivity index (χ3n) is 4.75. The zero-order valence-corrected chi connectivity index (χ0v) is 15.7. The molecule has 2 heterocycles. The van der Waals surface area contributed by atoms with E-state index in [0.29, 0.717) is 11.3 Å². The average Bonchev–Trinajstić information content (AvgIpc) is 2.60. The maximum atomic E-state index is 12.5. The van der Waals surface area contributed by atoms with Crippen molar-refractivity contribution in [3.05, 3.63) is 42.2 Å². The van der Waals surface area contributed by atoms with Crippen LogP contribution in [0, 0.1) is 5.92 Å². The Morgan fingerprint density at radius 3 is 2.69 bits per heavy atom. The Morgan fingerprint density at radius 2 is 1.96 bits per heavy atom. The summed E-state index contributed by atoms with van der Waals surface area (Å²) in [6, 6.07) is 8.19. The number of sulfone groups is 1. The van der Waals surface area contributed by atoms with Gasteiger partial charge in [-0.05, 0) is 48.7 Å². The maximum absolute atomic E-state index is 12.5. The highest BCUT2D eigenvalue weighted by Crippen LogP contribution is 2.33. The molecule has 2 bridgehead atoms. The average molecular weight is 373 g/mol. The van der Waals surface area contributed by atoms with E-state index in [1.165, 1.54) is 12.3 Å². The van der Waals surface area contributed by atoms with Crippen molar-refractivity contribution >= 4 is 21.4 Å². The minimum absolute atomic E-state index is 0.0817. The van der Waals surface area contributed by atoms with Gasteiger partial charge in [-0.3, -0.25) is 9.78 Å². The third kappa shape index (κ3) is 3.94. The van der Waals surface area contributed by atoms with E-state index in [9.17, 15) is 13.2 Å². The number of nitrogens with zero attached hydrogens (tertiary/aromatic N) is 1. The molecular weight excluding hydrogens is 350 g/mol. The Kier molecular flexibility index (Phi) is 5.11. The number of hydrogen-bond donors (Lipinski definition) is 2. The number of aromatic nitrogens is 1. The summed E-state index contributed by atoms with van der Waals surface area (Å²) in [4.78, 5) is 17.1. The first-order chi connectivity index (χ1) is 12.3. The van der Waals surface area contributed by atoms with Gasteiger partial charge in [0.2, 0.25) is 5.91 Å². The lowest BCUT2D eigenvalue weighted by atomic mass is 9.96. The minimum atomic E-state index is -3.37. The van der Waals surface area contributed by atoms with Gasteiger partial charge in [-0.15, -0.1) is 0 Å². The monoisotopic (exact) mass is 373 g/mol. The van der Waals surface area contributed by atoms with Crippen LogP contribution in [0.1, 0.15) is 37.9 Å². The van der Waals surface area contributed by atoms with E-state index < -0.39 is 9.84 Å². The molecule has 3 rings (SSSR count). The van der Waals surface area contributed by atoms with Crippen molar-refractivity contribution in [2.24, 2.45) is 11.7 Å². The van der Waals surface area contributed by atoms with E-state index in [4.69, 9.17) is 5.73 Å². The molecule has 0 saturated heterocycles. The minimum Gasteiger partial charge on any atom is -0.325 e. The molecular formula is C19H23N3O3S. The lowest BCUT2D eigenvalue weighted by Crippen LogP contribution is -2.22. The highest BCUT2D eigenvalue weighted by atomic mass is 32.2. The zero-order valence-electron chi connectivity index (χ0n) is 14.9. The molecule has 1 aromatic carbocycles. The molecule has 1 aromatic heterocycles. The van der Waals surface area contributed by atoms with E-state index in [1.54, 1.807) is 24.4 Å². The number of benzene rings is 1. The van der Waals surface area contributed by atoms with E-state index in [2.05, 4.69) is 10.3 Å². The first-order valence-corrected chi connectivity index (χ1v) is 10.5. The van der Waals surface area contributed by atoms with E-state index in [0.717, 1.165) is 30.5 Å². The summed E-state index contributed by atoms with van der Waals surface area (Å²) in [5.41, 5.74) is 9.03. The molecule has 0 spiro atoms. The van der Waals surface area contributed by atoms with E-state index >= 15 is 0 Å². The smallest absolute Gasteiger partial charge is 0.227 e. The number of hydrogen-bond acceptors (Lipinski definition) is 5. The fourth-order valence-corrected chi connectivity index (χ4v) is 3.75. The molecule has 1 aliphatic rings. The maximum Gasteiger partial charge on any atom is 0.227 e. The van der Waals surface area contributed by atoms with Crippen molar-refractivity contribution in [3.63, 3.8) is 0 Å². The lowest BCUT2D eigenvalue weighted by molar-refractivity contribution is -0.119. The number of amides is 1. The normalized spacial score (nSPS) is 21.1. The Labute approximate surface area is 153 Å². The Balaban J connectivity index is 2.19. The van der Waals surface area contributed by atoms with Crippen LogP contribution >= 0.6 is 0 Å². The van der Waals surface area contributed by atoms with Gasteiger partial charge >= 0.3 is 0 Å². The predicted octanol–water partition coefficient (Wildman–Crippen LogP) is 2.91. The Hall–Kier alpha value is -2.25. The van der Waals surface area contributed by atoms with Gasteiger partial charge in [0.25, 0.3) is 0 Å². The summed E-state index contributed by atoms with van der Waals surface area (Å²) < 4.78 is 23.9. The van der Waals surface area contributed by atoms with Crippen molar-refractivity contribution in [3.8, 4) is 11.1 Å². The fraction of sp³-hybridized carbons (Fsp3) is 0.368. The molecule has 0 fully saturated rings. The molecule has 2 unspecified atom stereocenters. The zero-order chi connectivity index (χ0) is 18.9. The predicted molar refractivity (Wildman–Crippen MR) is 101 cm³/mol. The van der Waals surface area contributed by atoms with E-state index in [-0.39, 0.29) is 22.8 Å². The fourth-order valence-electron chi connectivity index (χ4n) is 3.10. The number of fused-ring (bicyclic) bond motifs is 4. The molecule has 3 N–H and O–H groups in total. The van der Waals surface area contributed by atoms with Crippen molar-refractivity contribution in [1.82, 2.24) is 4.98 Å². The van der Waals surface area contributed by atoms with Gasteiger partial charge in [0.15, 0.2) is 9.84 Å². The van der Waals surface area contributed by atoms with Crippen LogP contribution in [0.2, 0.25) is 0 Å². The number of anilines is 1. The van der Waals surface area contributed by atoms with Crippen LogP contribution in [0.3, 0.4) is 0 Å². The van der Waals surface area contributed by atoms with Gasteiger partial charge in [0.05, 0.1) is 10.6 Å². The van der Waals surface area contributed by atoms with Crippen LogP contribution in [0.25, 0.3) is 11.1 Å². The number of nitrogens with one attached hydrogen (secondary N) is 1. The molecule has 0 radical (unpaired) electrons. The van der Waals surface area contributed by atoms with Crippen molar-refractivity contribution < 1.29 is 13.2 Å². The first-order valence-electron chi connectivity index (χ1n) is 8.62. The Bertz CT molecular complexity index is 941. The molecule has 7 heteroatoms. The summed E-state index contributed by atoms with van der Waals surface area (Å²) in [5, 5.41) is 2.94. The standard InChI is InChI=1S/C19H23N3O3S/c1-12-4-3-5-16(20)18-10-13(8-9-21-18)15-11-14(26(2,24)25)6-7-17(15)22-19(12)23/h6-12,16H,3-5,20H2,1-2H3,(H,22,23). The highest BCUT2D eigenvalue weighted by Gasteiger charge is 2.20. The largest absolute Gasteiger partial charge is 0.325 e. The molecule has 0 saturated carbocycles. The van der Waals surface area contributed by atoms with Gasteiger partial charge in [0.1, 0.15) is 0 Å². The third-order valence-corrected chi connectivity index (χ3v) is 5.86. The number of rotatable bonds is 1. The summed E-state index contributed by atoms with van der Waals surface area (Å²) in [6.45, 7) is 1.88. The quantitative estimate of drug-likeness (QED) is 0.800. The molecule has 1 amide bonds. The van der Waals surface area contributed by atoms with Crippen LogP contribution < -0.4 is 11.1 Å².